The lowest BCUT2D eigenvalue weighted by atomic mass is 10.1. The third-order valence-electron chi connectivity index (χ3n) is 1.33. The van der Waals surface area contributed by atoms with Gasteiger partial charge >= 0.3 is 5.97 Å². The van der Waals surface area contributed by atoms with E-state index in [1.807, 2.05) is 13.8 Å². The largest absolute Gasteiger partial charge is 0.435 e. The fraction of sp³-hybridized carbons (Fsp3) is 0.750. The summed E-state index contributed by atoms with van der Waals surface area (Å²) in [6.45, 7) is 3.55. The van der Waals surface area contributed by atoms with Crippen LogP contribution < -0.4 is 11.5 Å². The maximum absolute atomic E-state index is 10.9. The van der Waals surface area contributed by atoms with Crippen molar-refractivity contribution in [2.45, 2.75) is 26.6 Å². The summed E-state index contributed by atoms with van der Waals surface area (Å²) < 4.78 is 4.61. The molecule has 0 heterocycles. The first-order chi connectivity index (χ1) is 6.41. The van der Waals surface area contributed by atoms with Gasteiger partial charge in [-0.2, -0.15) is 0 Å². The predicted octanol–water partition coefficient (Wildman–Crippen LogP) is -0.832. The van der Waals surface area contributed by atoms with Crippen LogP contribution in [0.2, 0.25) is 0 Å². The standard InChI is InChI=1S/C8H17N3O3/c1-5(2)3-6(12)14-7(13)4-11-8(9)10/h5-6,12H,3-4H2,1-2H3,(H4,9,10,11). The Labute approximate surface area is 82.9 Å². The van der Waals surface area contributed by atoms with Crippen LogP contribution in [-0.2, 0) is 9.53 Å². The summed E-state index contributed by atoms with van der Waals surface area (Å²) in [5.74, 6) is -0.576. The van der Waals surface area contributed by atoms with Crippen molar-refractivity contribution in [3.63, 3.8) is 0 Å². The number of aliphatic hydroxyl groups excluding tert-OH is 1. The highest BCUT2D eigenvalue weighted by atomic mass is 16.6. The van der Waals surface area contributed by atoms with Crippen molar-refractivity contribution < 1.29 is 14.6 Å². The van der Waals surface area contributed by atoms with Crippen LogP contribution in [0.3, 0.4) is 0 Å². The average molecular weight is 203 g/mol. The first-order valence-electron chi connectivity index (χ1n) is 4.34. The molecule has 6 heteroatoms. The highest BCUT2D eigenvalue weighted by Gasteiger charge is 2.11. The van der Waals surface area contributed by atoms with Crippen LogP contribution in [0.4, 0.5) is 0 Å². The Morgan fingerprint density at radius 3 is 2.50 bits per heavy atom. The van der Waals surface area contributed by atoms with E-state index in [-0.39, 0.29) is 18.4 Å². The molecule has 1 unspecified atom stereocenters. The van der Waals surface area contributed by atoms with Crippen LogP contribution in [0.5, 0.6) is 0 Å². The maximum atomic E-state index is 10.9. The van der Waals surface area contributed by atoms with Gasteiger partial charge in [-0.05, 0) is 5.92 Å². The van der Waals surface area contributed by atoms with Gasteiger partial charge in [-0.1, -0.05) is 13.8 Å². The summed E-state index contributed by atoms with van der Waals surface area (Å²) in [6.07, 6.45) is -0.690. The van der Waals surface area contributed by atoms with E-state index in [1.54, 1.807) is 0 Å². The molecule has 0 aromatic carbocycles. The molecule has 0 aromatic rings. The van der Waals surface area contributed by atoms with E-state index >= 15 is 0 Å². The summed E-state index contributed by atoms with van der Waals surface area (Å²) >= 11 is 0. The zero-order valence-corrected chi connectivity index (χ0v) is 8.43. The minimum absolute atomic E-state index is 0.180. The molecule has 5 N–H and O–H groups in total. The fourth-order valence-corrected chi connectivity index (χ4v) is 0.796. The summed E-state index contributed by atoms with van der Waals surface area (Å²) in [6, 6.07) is 0. The minimum Gasteiger partial charge on any atom is -0.435 e. The Hall–Kier alpha value is -1.30. The molecule has 0 bridgehead atoms. The number of hydrogen-bond acceptors (Lipinski definition) is 4. The molecule has 0 spiro atoms. The van der Waals surface area contributed by atoms with Gasteiger partial charge in [0, 0.05) is 6.42 Å². The van der Waals surface area contributed by atoms with Crippen LogP contribution in [0.1, 0.15) is 20.3 Å². The van der Waals surface area contributed by atoms with Crippen LogP contribution >= 0.6 is 0 Å². The van der Waals surface area contributed by atoms with Crippen molar-refractivity contribution in [3.8, 4) is 0 Å². The van der Waals surface area contributed by atoms with Gasteiger partial charge in [-0.3, -0.25) is 0 Å². The third kappa shape index (κ3) is 7.35. The molecule has 0 rings (SSSR count). The van der Waals surface area contributed by atoms with Gasteiger partial charge in [-0.15, -0.1) is 0 Å². The van der Waals surface area contributed by atoms with Crippen LogP contribution in [-0.4, -0.2) is 29.9 Å². The van der Waals surface area contributed by atoms with E-state index in [0.717, 1.165) is 0 Å². The number of carbonyl (C=O) groups is 1. The molecule has 0 aliphatic heterocycles. The minimum atomic E-state index is -1.09. The molecule has 0 radical (unpaired) electrons. The number of nitrogens with zero attached hydrogens (tertiary/aromatic N) is 1. The van der Waals surface area contributed by atoms with Crippen LogP contribution in [0.25, 0.3) is 0 Å². The van der Waals surface area contributed by atoms with E-state index in [2.05, 4.69) is 9.73 Å². The molecule has 0 aromatic heterocycles. The summed E-state index contributed by atoms with van der Waals surface area (Å²) in [5.41, 5.74) is 10.0. The second kappa shape index (κ2) is 6.20. The number of esters is 1. The first-order valence-corrected chi connectivity index (χ1v) is 4.34. The van der Waals surface area contributed by atoms with E-state index < -0.39 is 12.3 Å². The molecule has 6 nitrogen and oxygen atoms in total. The van der Waals surface area contributed by atoms with E-state index in [9.17, 15) is 9.90 Å². The molecule has 1 atom stereocenters. The molecule has 0 saturated heterocycles. The highest BCUT2D eigenvalue weighted by molar-refractivity contribution is 5.80. The molecule has 82 valence electrons. The Morgan fingerprint density at radius 1 is 1.50 bits per heavy atom. The lowest BCUT2D eigenvalue weighted by Gasteiger charge is -2.12. The van der Waals surface area contributed by atoms with Crippen LogP contribution in [0.15, 0.2) is 4.99 Å². The zero-order chi connectivity index (χ0) is 11.1. The number of carbonyl (C=O) groups excluding carboxylic acids is 1. The average Bonchev–Trinajstić information content (AvgIpc) is 1.98. The molecule has 0 saturated carbocycles. The van der Waals surface area contributed by atoms with Crippen molar-refractivity contribution in [2.75, 3.05) is 6.54 Å². The normalized spacial score (nSPS) is 12.3. The fourth-order valence-electron chi connectivity index (χ4n) is 0.796. The maximum Gasteiger partial charge on any atom is 0.330 e. The molecule has 0 fully saturated rings. The van der Waals surface area contributed by atoms with E-state index in [1.165, 1.54) is 0 Å². The summed E-state index contributed by atoms with van der Waals surface area (Å²) in [7, 11) is 0. The number of nitrogens with two attached hydrogens (primary N) is 2. The zero-order valence-electron chi connectivity index (χ0n) is 8.43. The molecule has 0 amide bonds. The number of rotatable bonds is 5. The van der Waals surface area contributed by atoms with E-state index in [4.69, 9.17) is 11.5 Å². The molecule has 14 heavy (non-hydrogen) atoms. The summed E-state index contributed by atoms with van der Waals surface area (Å²) in [5, 5.41) is 9.20. The van der Waals surface area contributed by atoms with E-state index in [0.29, 0.717) is 6.42 Å². The topological polar surface area (TPSA) is 111 Å². The lowest BCUT2D eigenvalue weighted by Crippen LogP contribution is -2.26. The molecule has 0 aliphatic carbocycles. The number of guanidine groups is 1. The van der Waals surface area contributed by atoms with Gasteiger partial charge in [0.2, 0.25) is 6.29 Å². The van der Waals surface area contributed by atoms with Crippen molar-refractivity contribution in [3.05, 3.63) is 0 Å². The second-order valence-corrected chi connectivity index (χ2v) is 3.32. The number of aliphatic imine (C=N–C) groups is 1. The molecular weight excluding hydrogens is 186 g/mol. The predicted molar refractivity (Wildman–Crippen MR) is 52.2 cm³/mol. The van der Waals surface area contributed by atoms with Crippen molar-refractivity contribution >= 4 is 11.9 Å². The Kier molecular flexibility index (Phi) is 5.62. The molecular formula is C8H17N3O3. The highest BCUT2D eigenvalue weighted by Crippen LogP contribution is 2.05. The van der Waals surface area contributed by atoms with Gasteiger partial charge in [0.15, 0.2) is 5.96 Å². The Morgan fingerprint density at radius 2 is 2.07 bits per heavy atom. The van der Waals surface area contributed by atoms with Crippen molar-refractivity contribution in [2.24, 2.45) is 22.4 Å². The lowest BCUT2D eigenvalue weighted by molar-refractivity contribution is -0.168. The first kappa shape index (κ1) is 12.7. The van der Waals surface area contributed by atoms with Crippen molar-refractivity contribution in [1.29, 1.82) is 0 Å². The SMILES string of the molecule is CC(C)CC(O)OC(=O)CN=C(N)N. The monoisotopic (exact) mass is 203 g/mol. The number of hydrogen-bond donors (Lipinski definition) is 3. The number of aliphatic hydroxyl groups is 1. The van der Waals surface area contributed by atoms with Gasteiger partial charge in [0.05, 0.1) is 0 Å². The summed E-state index contributed by atoms with van der Waals surface area (Å²) in [4.78, 5) is 14.4. The van der Waals surface area contributed by atoms with Gasteiger partial charge in [0.1, 0.15) is 6.54 Å². The van der Waals surface area contributed by atoms with Gasteiger partial charge in [0.25, 0.3) is 0 Å². The molecule has 0 aliphatic rings. The van der Waals surface area contributed by atoms with Gasteiger partial charge in [-0.25, -0.2) is 9.79 Å². The third-order valence-corrected chi connectivity index (χ3v) is 1.33. The number of ether oxygens (including phenoxy) is 1. The Balaban J connectivity index is 3.77. The smallest absolute Gasteiger partial charge is 0.330 e. The van der Waals surface area contributed by atoms with Gasteiger partial charge < -0.3 is 21.3 Å². The second-order valence-electron chi connectivity index (χ2n) is 3.32. The van der Waals surface area contributed by atoms with Crippen molar-refractivity contribution in [1.82, 2.24) is 0 Å². The quantitative estimate of drug-likeness (QED) is 0.234. The van der Waals surface area contributed by atoms with Crippen LogP contribution in [0, 0.1) is 5.92 Å². The Bertz CT molecular complexity index is 212.